The molecule has 0 radical (unpaired) electrons. The van der Waals surface area contributed by atoms with E-state index < -0.39 is 11.4 Å². The maximum Gasteiger partial charge on any atom is 0.309 e. The summed E-state index contributed by atoms with van der Waals surface area (Å²) in [5.41, 5.74) is 4.92. The van der Waals surface area contributed by atoms with E-state index in [1.165, 1.54) is 0 Å². The molecule has 0 aromatic rings. The Hall–Kier alpha value is -0.570. The second-order valence-corrected chi connectivity index (χ2v) is 4.50. The standard InChI is InChI=1S/C9H17NO2/c1-8(2)6(10)4-5-9(8,3)7(11)12/h6H,4-5,10H2,1-3H3,(H,11,12). The molecule has 12 heavy (non-hydrogen) atoms. The molecule has 1 fully saturated rings. The average molecular weight is 171 g/mol. The number of hydrogen-bond acceptors (Lipinski definition) is 2. The first-order chi connectivity index (χ1) is 5.32. The van der Waals surface area contributed by atoms with Gasteiger partial charge in [-0.1, -0.05) is 13.8 Å². The van der Waals surface area contributed by atoms with Crippen molar-refractivity contribution in [1.82, 2.24) is 0 Å². The van der Waals surface area contributed by atoms with Crippen LogP contribution in [-0.2, 0) is 4.79 Å². The zero-order valence-corrected chi connectivity index (χ0v) is 7.92. The van der Waals surface area contributed by atoms with Crippen LogP contribution in [0.2, 0.25) is 0 Å². The number of nitrogens with two attached hydrogens (primary N) is 1. The van der Waals surface area contributed by atoms with Crippen molar-refractivity contribution in [1.29, 1.82) is 0 Å². The summed E-state index contributed by atoms with van der Waals surface area (Å²) in [5, 5.41) is 9.07. The summed E-state index contributed by atoms with van der Waals surface area (Å²) in [4.78, 5) is 11.0. The lowest BCUT2D eigenvalue weighted by Gasteiger charge is -2.36. The van der Waals surface area contributed by atoms with E-state index in [0.717, 1.165) is 6.42 Å². The molecule has 0 heterocycles. The minimum atomic E-state index is -0.722. The smallest absolute Gasteiger partial charge is 0.309 e. The summed E-state index contributed by atoms with van der Waals surface area (Å²) < 4.78 is 0. The van der Waals surface area contributed by atoms with Crippen LogP contribution in [0.1, 0.15) is 33.6 Å². The lowest BCUT2D eigenvalue weighted by atomic mass is 9.68. The Balaban J connectivity index is 3.01. The highest BCUT2D eigenvalue weighted by Gasteiger charge is 2.54. The Morgan fingerprint density at radius 3 is 2.17 bits per heavy atom. The van der Waals surface area contributed by atoms with Crippen LogP contribution in [0.3, 0.4) is 0 Å². The molecule has 0 aliphatic heterocycles. The lowest BCUT2D eigenvalue weighted by molar-refractivity contribution is -0.153. The van der Waals surface area contributed by atoms with Gasteiger partial charge in [-0.05, 0) is 25.2 Å². The van der Waals surface area contributed by atoms with Crippen molar-refractivity contribution in [3.05, 3.63) is 0 Å². The van der Waals surface area contributed by atoms with E-state index in [2.05, 4.69) is 0 Å². The molecule has 2 atom stereocenters. The molecular formula is C9H17NO2. The Morgan fingerprint density at radius 2 is 2.00 bits per heavy atom. The summed E-state index contributed by atoms with van der Waals surface area (Å²) in [6, 6.07) is 0.0126. The predicted octanol–water partition coefficient (Wildman–Crippen LogP) is 1.22. The predicted molar refractivity (Wildman–Crippen MR) is 46.7 cm³/mol. The van der Waals surface area contributed by atoms with Gasteiger partial charge in [0.25, 0.3) is 0 Å². The maximum atomic E-state index is 11.0. The van der Waals surface area contributed by atoms with E-state index >= 15 is 0 Å². The van der Waals surface area contributed by atoms with Crippen LogP contribution in [-0.4, -0.2) is 17.1 Å². The fourth-order valence-corrected chi connectivity index (χ4v) is 1.92. The van der Waals surface area contributed by atoms with E-state index in [1.807, 2.05) is 13.8 Å². The minimum Gasteiger partial charge on any atom is -0.481 e. The molecule has 70 valence electrons. The molecule has 0 bridgehead atoms. The van der Waals surface area contributed by atoms with Gasteiger partial charge in [0, 0.05) is 6.04 Å². The van der Waals surface area contributed by atoms with Gasteiger partial charge in [-0.2, -0.15) is 0 Å². The number of carbonyl (C=O) groups is 1. The molecule has 0 spiro atoms. The van der Waals surface area contributed by atoms with Gasteiger partial charge in [0.1, 0.15) is 0 Å². The van der Waals surface area contributed by atoms with Gasteiger partial charge in [0.05, 0.1) is 5.41 Å². The van der Waals surface area contributed by atoms with Gasteiger partial charge in [-0.25, -0.2) is 0 Å². The van der Waals surface area contributed by atoms with Gasteiger partial charge in [-0.3, -0.25) is 4.79 Å². The normalized spacial score (nSPS) is 39.8. The summed E-state index contributed by atoms with van der Waals surface area (Å²) in [7, 11) is 0. The first-order valence-electron chi connectivity index (χ1n) is 4.31. The molecular weight excluding hydrogens is 154 g/mol. The third-order valence-electron chi connectivity index (χ3n) is 3.78. The van der Waals surface area contributed by atoms with Crippen molar-refractivity contribution in [2.24, 2.45) is 16.6 Å². The monoisotopic (exact) mass is 171 g/mol. The largest absolute Gasteiger partial charge is 0.481 e. The zero-order valence-electron chi connectivity index (χ0n) is 7.92. The highest BCUT2D eigenvalue weighted by molar-refractivity contribution is 5.76. The maximum absolute atomic E-state index is 11.0. The van der Waals surface area contributed by atoms with Crippen LogP contribution >= 0.6 is 0 Å². The van der Waals surface area contributed by atoms with Crippen molar-refractivity contribution in [3.63, 3.8) is 0 Å². The van der Waals surface area contributed by atoms with Crippen molar-refractivity contribution >= 4 is 5.97 Å². The summed E-state index contributed by atoms with van der Waals surface area (Å²) in [5.74, 6) is -0.722. The number of carboxylic acid groups (broad SMARTS) is 1. The molecule has 1 rings (SSSR count). The Bertz CT molecular complexity index is 213. The second-order valence-electron chi connectivity index (χ2n) is 4.50. The third-order valence-corrected chi connectivity index (χ3v) is 3.78. The van der Waals surface area contributed by atoms with Crippen LogP contribution in [0.15, 0.2) is 0 Å². The van der Waals surface area contributed by atoms with E-state index in [0.29, 0.717) is 6.42 Å². The fraction of sp³-hybridized carbons (Fsp3) is 0.889. The molecule has 0 amide bonds. The number of aliphatic carboxylic acids is 1. The van der Waals surface area contributed by atoms with Crippen molar-refractivity contribution in [3.8, 4) is 0 Å². The van der Waals surface area contributed by atoms with E-state index in [9.17, 15) is 4.79 Å². The molecule has 3 heteroatoms. The number of rotatable bonds is 1. The van der Waals surface area contributed by atoms with Gasteiger partial charge < -0.3 is 10.8 Å². The summed E-state index contributed by atoms with van der Waals surface area (Å²) in [6.45, 7) is 5.68. The van der Waals surface area contributed by atoms with Crippen molar-refractivity contribution in [2.45, 2.75) is 39.7 Å². The highest BCUT2D eigenvalue weighted by atomic mass is 16.4. The lowest BCUT2D eigenvalue weighted by Crippen LogP contribution is -2.45. The summed E-state index contributed by atoms with van der Waals surface area (Å²) in [6.07, 6.45) is 1.51. The third kappa shape index (κ3) is 0.959. The van der Waals surface area contributed by atoms with Crippen LogP contribution < -0.4 is 5.73 Å². The van der Waals surface area contributed by atoms with Crippen LogP contribution in [0, 0.1) is 10.8 Å². The van der Waals surface area contributed by atoms with E-state index in [4.69, 9.17) is 10.8 Å². The van der Waals surface area contributed by atoms with E-state index in [1.54, 1.807) is 6.92 Å². The molecule has 3 N–H and O–H groups in total. The van der Waals surface area contributed by atoms with Crippen LogP contribution in [0.25, 0.3) is 0 Å². The van der Waals surface area contributed by atoms with Crippen molar-refractivity contribution < 1.29 is 9.90 Å². The van der Waals surface area contributed by atoms with Crippen LogP contribution in [0.4, 0.5) is 0 Å². The SMILES string of the molecule is CC1(C(=O)O)CCC(N)C1(C)C. The van der Waals surface area contributed by atoms with Crippen LogP contribution in [0.5, 0.6) is 0 Å². The summed E-state index contributed by atoms with van der Waals surface area (Å²) >= 11 is 0. The zero-order chi connectivity index (χ0) is 9.57. The average Bonchev–Trinajstić information content (AvgIpc) is 2.15. The molecule has 1 aliphatic rings. The van der Waals surface area contributed by atoms with Gasteiger partial charge >= 0.3 is 5.97 Å². The molecule has 0 aromatic heterocycles. The molecule has 3 nitrogen and oxygen atoms in total. The van der Waals surface area contributed by atoms with Gasteiger partial charge in [0.15, 0.2) is 0 Å². The first-order valence-corrected chi connectivity index (χ1v) is 4.31. The number of carboxylic acids is 1. The minimum absolute atomic E-state index is 0.0126. The van der Waals surface area contributed by atoms with E-state index in [-0.39, 0.29) is 11.5 Å². The molecule has 0 saturated heterocycles. The Labute approximate surface area is 72.9 Å². The fourth-order valence-electron chi connectivity index (χ4n) is 1.92. The first kappa shape index (κ1) is 9.52. The Kier molecular flexibility index (Phi) is 1.95. The molecule has 2 unspecified atom stereocenters. The molecule has 0 aromatic carbocycles. The quantitative estimate of drug-likeness (QED) is 0.623. The van der Waals surface area contributed by atoms with Gasteiger partial charge in [0.2, 0.25) is 0 Å². The Morgan fingerprint density at radius 1 is 1.50 bits per heavy atom. The number of hydrogen-bond donors (Lipinski definition) is 2. The van der Waals surface area contributed by atoms with Crippen molar-refractivity contribution in [2.75, 3.05) is 0 Å². The van der Waals surface area contributed by atoms with Gasteiger partial charge in [-0.15, -0.1) is 0 Å². The highest BCUT2D eigenvalue weighted by Crippen LogP contribution is 2.51. The second kappa shape index (κ2) is 2.46. The molecule has 1 saturated carbocycles. The topological polar surface area (TPSA) is 63.3 Å². The molecule has 1 aliphatic carbocycles.